The molecule has 0 amide bonds. The van der Waals surface area contributed by atoms with Crippen LogP contribution in [0.15, 0.2) is 0 Å². The Morgan fingerprint density at radius 1 is 1.42 bits per heavy atom. The van der Waals surface area contributed by atoms with Crippen molar-refractivity contribution in [1.29, 1.82) is 0 Å². The van der Waals surface area contributed by atoms with Crippen LogP contribution in [0.5, 0.6) is 0 Å². The lowest BCUT2D eigenvalue weighted by Crippen LogP contribution is -2.24. The first-order valence-electron chi connectivity index (χ1n) is 4.93. The first kappa shape index (κ1) is 10.8. The molecule has 1 aliphatic rings. The van der Waals surface area contributed by atoms with E-state index in [1.165, 1.54) is 31.4 Å². The van der Waals surface area contributed by atoms with Crippen LogP contribution in [0.4, 0.5) is 0 Å². The first-order valence-corrected chi connectivity index (χ1v) is 6.86. The van der Waals surface area contributed by atoms with E-state index in [-0.39, 0.29) is 0 Å². The number of unbranched alkanes of at least 4 members (excludes halogenated alkanes) is 1. The lowest BCUT2D eigenvalue weighted by molar-refractivity contribution is 0.672. The Morgan fingerprint density at radius 2 is 2.17 bits per heavy atom. The molecule has 1 aliphatic heterocycles. The molecule has 0 unspecified atom stereocenters. The lowest BCUT2D eigenvalue weighted by Gasteiger charge is -2.34. The van der Waals surface area contributed by atoms with Crippen molar-refractivity contribution >= 4 is 23.5 Å². The highest BCUT2D eigenvalue weighted by Crippen LogP contribution is 2.44. The molecule has 2 heteroatoms. The highest BCUT2D eigenvalue weighted by Gasteiger charge is 2.28. The summed E-state index contributed by atoms with van der Waals surface area (Å²) in [6, 6.07) is 0. The third-order valence-electron chi connectivity index (χ3n) is 2.25. The van der Waals surface area contributed by atoms with Gasteiger partial charge in [-0.25, -0.2) is 0 Å². The van der Waals surface area contributed by atoms with Crippen LogP contribution in [-0.2, 0) is 0 Å². The molecular weight excluding hydrogens is 184 g/mol. The van der Waals surface area contributed by atoms with Crippen molar-refractivity contribution in [1.82, 2.24) is 0 Å². The van der Waals surface area contributed by atoms with E-state index in [0.717, 1.165) is 4.58 Å². The van der Waals surface area contributed by atoms with Crippen molar-refractivity contribution in [2.45, 2.75) is 55.8 Å². The average molecular weight is 204 g/mol. The van der Waals surface area contributed by atoms with E-state index in [9.17, 15) is 0 Å². The zero-order chi connectivity index (χ0) is 9.03. The minimum atomic E-state index is 0.545. The van der Waals surface area contributed by atoms with Crippen molar-refractivity contribution in [3.63, 3.8) is 0 Å². The van der Waals surface area contributed by atoms with Crippen LogP contribution in [-0.4, -0.2) is 15.1 Å². The molecule has 0 radical (unpaired) electrons. The highest BCUT2D eigenvalue weighted by atomic mass is 32.2. The Bertz CT molecular complexity index is 132. The molecule has 72 valence electrons. The summed E-state index contributed by atoms with van der Waals surface area (Å²) < 4.78 is 1.43. The zero-order valence-electron chi connectivity index (χ0n) is 8.43. The smallest absolute Gasteiger partial charge is 0.0507 e. The van der Waals surface area contributed by atoms with E-state index in [2.05, 4.69) is 44.3 Å². The topological polar surface area (TPSA) is 0 Å². The van der Waals surface area contributed by atoms with Gasteiger partial charge in [0, 0.05) is 4.75 Å². The van der Waals surface area contributed by atoms with E-state index in [1.807, 2.05) is 0 Å². The predicted octanol–water partition coefficient (Wildman–Crippen LogP) is 4.15. The molecule has 0 spiro atoms. The van der Waals surface area contributed by atoms with E-state index >= 15 is 0 Å². The molecule has 1 saturated heterocycles. The maximum absolute atomic E-state index is 2.39. The molecule has 0 bridgehead atoms. The van der Waals surface area contributed by atoms with Gasteiger partial charge in [0.25, 0.3) is 0 Å². The van der Waals surface area contributed by atoms with Gasteiger partial charge in [0.1, 0.15) is 0 Å². The predicted molar refractivity (Wildman–Crippen MR) is 62.1 cm³/mol. The molecule has 1 fully saturated rings. The van der Waals surface area contributed by atoms with Gasteiger partial charge in [0.2, 0.25) is 0 Å². The van der Waals surface area contributed by atoms with Gasteiger partial charge < -0.3 is 0 Å². The normalized spacial score (nSPS) is 28.8. The monoisotopic (exact) mass is 204 g/mol. The average Bonchev–Trinajstić information content (AvgIpc) is 1.99. The third-order valence-corrected chi connectivity index (χ3v) is 5.34. The Morgan fingerprint density at radius 3 is 2.75 bits per heavy atom. The van der Waals surface area contributed by atoms with Crippen LogP contribution >= 0.6 is 23.5 Å². The van der Waals surface area contributed by atoms with E-state index in [1.54, 1.807) is 0 Å². The Labute approximate surface area is 85.3 Å². The Hall–Kier alpha value is 0.700. The Balaban J connectivity index is 2.26. The van der Waals surface area contributed by atoms with Crippen LogP contribution in [0.25, 0.3) is 0 Å². The van der Waals surface area contributed by atoms with Gasteiger partial charge in [-0.1, -0.05) is 33.6 Å². The van der Waals surface area contributed by atoms with Crippen molar-refractivity contribution < 1.29 is 0 Å². The molecule has 0 aromatic heterocycles. The summed E-state index contributed by atoms with van der Waals surface area (Å²) in [6.07, 6.45) is 5.54. The van der Waals surface area contributed by atoms with Gasteiger partial charge >= 0.3 is 0 Å². The van der Waals surface area contributed by atoms with Crippen LogP contribution in [0.2, 0.25) is 0 Å². The molecule has 0 saturated carbocycles. The quantitative estimate of drug-likeness (QED) is 0.677. The maximum atomic E-state index is 2.39. The molecule has 0 aromatic carbocycles. The van der Waals surface area contributed by atoms with Gasteiger partial charge in [-0.3, -0.25) is 0 Å². The summed E-state index contributed by atoms with van der Waals surface area (Å²) in [7, 11) is 0. The molecule has 1 rings (SSSR count). The fourth-order valence-electron chi connectivity index (χ4n) is 1.40. The van der Waals surface area contributed by atoms with E-state index in [0.29, 0.717) is 4.75 Å². The summed E-state index contributed by atoms with van der Waals surface area (Å²) >= 11 is 4.36. The summed E-state index contributed by atoms with van der Waals surface area (Å²) in [4.78, 5) is 0. The van der Waals surface area contributed by atoms with E-state index < -0.39 is 0 Å². The minimum Gasteiger partial charge on any atom is -0.148 e. The fourth-order valence-corrected chi connectivity index (χ4v) is 5.31. The largest absolute Gasteiger partial charge is 0.148 e. The molecule has 1 heterocycles. The standard InChI is InChI=1S/C10H20S2/c1-4-5-6-9-11-8-7-10(2,3)12-9/h9H,4-8H2,1-3H3/t9-/m0/s1. The maximum Gasteiger partial charge on any atom is 0.0507 e. The second-order valence-electron chi connectivity index (χ2n) is 4.07. The van der Waals surface area contributed by atoms with Gasteiger partial charge in [-0.15, -0.1) is 23.5 Å². The zero-order valence-corrected chi connectivity index (χ0v) is 10.1. The van der Waals surface area contributed by atoms with Gasteiger partial charge in [0.15, 0.2) is 0 Å². The van der Waals surface area contributed by atoms with Crippen molar-refractivity contribution in [3.8, 4) is 0 Å². The van der Waals surface area contributed by atoms with E-state index in [4.69, 9.17) is 0 Å². The minimum absolute atomic E-state index is 0.545. The van der Waals surface area contributed by atoms with Crippen molar-refractivity contribution in [2.75, 3.05) is 5.75 Å². The number of hydrogen-bond acceptors (Lipinski definition) is 2. The first-order chi connectivity index (χ1) is 5.64. The van der Waals surface area contributed by atoms with Crippen LogP contribution < -0.4 is 0 Å². The number of rotatable bonds is 3. The molecular formula is C10H20S2. The molecule has 1 atom stereocenters. The summed E-state index contributed by atoms with van der Waals surface area (Å²) in [5, 5.41) is 0. The highest BCUT2D eigenvalue weighted by molar-refractivity contribution is 8.18. The van der Waals surface area contributed by atoms with Gasteiger partial charge in [-0.05, 0) is 18.6 Å². The van der Waals surface area contributed by atoms with Gasteiger partial charge in [-0.2, -0.15) is 0 Å². The third kappa shape index (κ3) is 3.61. The van der Waals surface area contributed by atoms with Gasteiger partial charge in [0.05, 0.1) is 4.58 Å². The molecule has 0 aromatic rings. The number of hydrogen-bond donors (Lipinski definition) is 0. The lowest BCUT2D eigenvalue weighted by atomic mass is 10.1. The molecule has 0 aliphatic carbocycles. The SMILES string of the molecule is CCCC[C@H]1SCCC(C)(C)S1. The second kappa shape index (κ2) is 4.80. The van der Waals surface area contributed by atoms with Crippen molar-refractivity contribution in [2.24, 2.45) is 0 Å². The van der Waals surface area contributed by atoms with Crippen LogP contribution in [0.1, 0.15) is 46.5 Å². The summed E-state index contributed by atoms with van der Waals surface area (Å²) in [5.74, 6) is 1.37. The van der Waals surface area contributed by atoms with Crippen LogP contribution in [0.3, 0.4) is 0 Å². The van der Waals surface area contributed by atoms with Crippen molar-refractivity contribution in [3.05, 3.63) is 0 Å². The second-order valence-corrected chi connectivity index (χ2v) is 7.59. The number of thioether (sulfide) groups is 2. The van der Waals surface area contributed by atoms with Crippen LogP contribution in [0, 0.1) is 0 Å². The summed E-state index contributed by atoms with van der Waals surface area (Å²) in [5.41, 5.74) is 0. The molecule has 0 N–H and O–H groups in total. The Kier molecular flexibility index (Phi) is 4.31. The molecule has 12 heavy (non-hydrogen) atoms. The molecule has 0 nitrogen and oxygen atoms in total. The fraction of sp³-hybridized carbons (Fsp3) is 1.00. The summed E-state index contributed by atoms with van der Waals surface area (Å²) in [6.45, 7) is 7.05.